The van der Waals surface area contributed by atoms with Gasteiger partial charge in [0.2, 0.25) is 0 Å². The molecule has 1 heterocycles. The summed E-state index contributed by atoms with van der Waals surface area (Å²) in [6.45, 7) is 4.55. The van der Waals surface area contributed by atoms with Crippen LogP contribution in [0.5, 0.6) is 0 Å². The molecule has 1 fully saturated rings. The minimum atomic E-state index is -0.782. The van der Waals surface area contributed by atoms with Crippen LogP contribution in [-0.2, 0) is 5.60 Å². The highest BCUT2D eigenvalue weighted by molar-refractivity contribution is 9.10. The Morgan fingerprint density at radius 2 is 2.00 bits per heavy atom. The van der Waals surface area contributed by atoms with E-state index in [4.69, 9.17) is 4.42 Å². The molecule has 1 unspecified atom stereocenters. The third-order valence-corrected chi connectivity index (χ3v) is 4.32. The minimum absolute atomic E-state index is 0.337. The van der Waals surface area contributed by atoms with E-state index in [2.05, 4.69) is 29.8 Å². The van der Waals surface area contributed by atoms with Crippen LogP contribution >= 0.6 is 15.9 Å². The maximum Gasteiger partial charge on any atom is 0.149 e. The molecule has 0 aromatic carbocycles. The molecule has 16 heavy (non-hydrogen) atoms. The normalized spacial score (nSPS) is 30.0. The number of furan rings is 1. The summed E-state index contributed by atoms with van der Waals surface area (Å²) in [6, 6.07) is 1.85. The van der Waals surface area contributed by atoms with E-state index in [1.807, 2.05) is 6.07 Å². The summed E-state index contributed by atoms with van der Waals surface area (Å²) in [5.74, 6) is 0.699. The van der Waals surface area contributed by atoms with Crippen LogP contribution in [-0.4, -0.2) is 5.11 Å². The molecule has 0 radical (unpaired) electrons. The first-order valence-electron chi connectivity index (χ1n) is 5.89. The first-order chi connectivity index (χ1) is 7.43. The van der Waals surface area contributed by atoms with Crippen LogP contribution in [0.15, 0.2) is 21.2 Å². The number of halogens is 1. The molecule has 90 valence electrons. The molecule has 1 atom stereocenters. The van der Waals surface area contributed by atoms with E-state index in [1.165, 1.54) is 6.42 Å². The van der Waals surface area contributed by atoms with Crippen LogP contribution in [0.4, 0.5) is 0 Å². The summed E-state index contributed by atoms with van der Waals surface area (Å²) in [4.78, 5) is 0. The Labute approximate surface area is 105 Å². The van der Waals surface area contributed by atoms with Crippen LogP contribution in [0, 0.1) is 5.41 Å². The number of aliphatic hydroxyl groups is 1. The Kier molecular flexibility index (Phi) is 3.19. The second-order valence-electron chi connectivity index (χ2n) is 5.65. The predicted octanol–water partition coefficient (Wildman–Crippen LogP) is 4.22. The van der Waals surface area contributed by atoms with E-state index in [0.29, 0.717) is 11.2 Å². The highest BCUT2D eigenvalue weighted by Gasteiger charge is 2.38. The van der Waals surface area contributed by atoms with E-state index < -0.39 is 5.60 Å². The van der Waals surface area contributed by atoms with Gasteiger partial charge in [-0.2, -0.15) is 0 Å². The molecule has 1 saturated carbocycles. The van der Waals surface area contributed by atoms with Gasteiger partial charge in [-0.05, 0) is 59.5 Å². The highest BCUT2D eigenvalue weighted by Crippen LogP contribution is 2.44. The van der Waals surface area contributed by atoms with Gasteiger partial charge in [0, 0.05) is 0 Å². The number of hydrogen-bond acceptors (Lipinski definition) is 2. The van der Waals surface area contributed by atoms with E-state index in [1.54, 1.807) is 6.26 Å². The van der Waals surface area contributed by atoms with E-state index in [-0.39, 0.29) is 0 Å². The van der Waals surface area contributed by atoms with Crippen LogP contribution in [0.3, 0.4) is 0 Å². The van der Waals surface area contributed by atoms with Crippen molar-refractivity contribution in [2.45, 2.75) is 51.6 Å². The van der Waals surface area contributed by atoms with Gasteiger partial charge in [0.1, 0.15) is 11.4 Å². The monoisotopic (exact) mass is 286 g/mol. The largest absolute Gasteiger partial charge is 0.465 e. The summed E-state index contributed by atoms with van der Waals surface area (Å²) in [7, 11) is 0. The van der Waals surface area contributed by atoms with Crippen molar-refractivity contribution in [3.8, 4) is 0 Å². The zero-order chi connectivity index (χ0) is 11.8. The third-order valence-electron chi connectivity index (χ3n) is 3.70. The topological polar surface area (TPSA) is 33.4 Å². The average Bonchev–Trinajstić information content (AvgIpc) is 2.56. The van der Waals surface area contributed by atoms with Crippen molar-refractivity contribution in [2.24, 2.45) is 5.41 Å². The quantitative estimate of drug-likeness (QED) is 0.784. The minimum Gasteiger partial charge on any atom is -0.465 e. The Bertz CT molecular complexity index is 370. The number of hydrogen-bond donors (Lipinski definition) is 1. The van der Waals surface area contributed by atoms with Gasteiger partial charge in [-0.15, -0.1) is 0 Å². The zero-order valence-electron chi connectivity index (χ0n) is 9.92. The smallest absolute Gasteiger partial charge is 0.149 e. The second-order valence-corrected chi connectivity index (χ2v) is 6.50. The van der Waals surface area contributed by atoms with Gasteiger partial charge >= 0.3 is 0 Å². The van der Waals surface area contributed by atoms with Gasteiger partial charge in [0.25, 0.3) is 0 Å². The van der Waals surface area contributed by atoms with Crippen molar-refractivity contribution in [1.29, 1.82) is 0 Å². The van der Waals surface area contributed by atoms with E-state index >= 15 is 0 Å². The van der Waals surface area contributed by atoms with Crippen molar-refractivity contribution >= 4 is 15.9 Å². The lowest BCUT2D eigenvalue weighted by Gasteiger charge is -2.26. The highest BCUT2D eigenvalue weighted by atomic mass is 79.9. The van der Waals surface area contributed by atoms with Crippen LogP contribution in [0.2, 0.25) is 0 Å². The lowest BCUT2D eigenvalue weighted by Crippen LogP contribution is -2.25. The average molecular weight is 287 g/mol. The van der Waals surface area contributed by atoms with Gasteiger partial charge in [-0.25, -0.2) is 0 Å². The van der Waals surface area contributed by atoms with Gasteiger partial charge in [-0.3, -0.25) is 0 Å². The van der Waals surface area contributed by atoms with Crippen molar-refractivity contribution in [3.05, 3.63) is 22.6 Å². The van der Waals surface area contributed by atoms with Gasteiger partial charge in [0.15, 0.2) is 0 Å². The second kappa shape index (κ2) is 4.19. The van der Waals surface area contributed by atoms with E-state index in [0.717, 1.165) is 30.2 Å². The molecular weight excluding hydrogens is 268 g/mol. The molecule has 2 rings (SSSR count). The Hall–Kier alpha value is -0.280. The molecule has 0 saturated heterocycles. The summed E-state index contributed by atoms with van der Waals surface area (Å²) in [5.41, 5.74) is -0.445. The maximum atomic E-state index is 10.7. The van der Waals surface area contributed by atoms with Gasteiger partial charge < -0.3 is 9.52 Å². The molecule has 3 heteroatoms. The zero-order valence-corrected chi connectivity index (χ0v) is 11.5. The molecule has 1 aromatic heterocycles. The Balaban J connectivity index is 2.23. The standard InChI is InChI=1S/C13H19BrO2/c1-12(2)5-3-6-13(15,8-7-12)11-10(14)4-9-16-11/h4,9,15H,3,5-8H2,1-2H3. The van der Waals surface area contributed by atoms with Crippen LogP contribution < -0.4 is 0 Å². The molecule has 1 aliphatic carbocycles. The fourth-order valence-electron chi connectivity index (χ4n) is 2.51. The SMILES string of the molecule is CC1(C)CCCC(O)(c2occc2Br)CC1. The van der Waals surface area contributed by atoms with Crippen molar-refractivity contribution in [3.63, 3.8) is 0 Å². The lowest BCUT2D eigenvalue weighted by molar-refractivity contribution is -0.00340. The molecular formula is C13H19BrO2. The molecule has 0 amide bonds. The summed E-state index contributed by atoms with van der Waals surface area (Å²) < 4.78 is 6.32. The molecule has 0 bridgehead atoms. The molecule has 1 aliphatic rings. The molecule has 1 N–H and O–H groups in total. The fraction of sp³-hybridized carbons (Fsp3) is 0.692. The fourth-order valence-corrected chi connectivity index (χ4v) is 3.08. The predicted molar refractivity (Wildman–Crippen MR) is 67.2 cm³/mol. The Morgan fingerprint density at radius 1 is 1.25 bits per heavy atom. The lowest BCUT2D eigenvalue weighted by atomic mass is 9.84. The van der Waals surface area contributed by atoms with Crippen molar-refractivity contribution in [2.75, 3.05) is 0 Å². The van der Waals surface area contributed by atoms with Crippen molar-refractivity contribution in [1.82, 2.24) is 0 Å². The molecule has 1 aromatic rings. The van der Waals surface area contributed by atoms with Gasteiger partial charge in [0.05, 0.1) is 10.7 Å². The first-order valence-corrected chi connectivity index (χ1v) is 6.68. The molecule has 2 nitrogen and oxygen atoms in total. The van der Waals surface area contributed by atoms with Gasteiger partial charge in [-0.1, -0.05) is 13.8 Å². The van der Waals surface area contributed by atoms with Crippen molar-refractivity contribution < 1.29 is 9.52 Å². The summed E-state index contributed by atoms with van der Waals surface area (Å²) >= 11 is 3.44. The molecule has 0 aliphatic heterocycles. The Morgan fingerprint density at radius 3 is 2.62 bits per heavy atom. The molecule has 0 spiro atoms. The third kappa shape index (κ3) is 2.35. The van der Waals surface area contributed by atoms with E-state index in [9.17, 15) is 5.11 Å². The van der Waals surface area contributed by atoms with Crippen LogP contribution in [0.25, 0.3) is 0 Å². The maximum absolute atomic E-state index is 10.7. The summed E-state index contributed by atoms with van der Waals surface area (Å²) in [6.07, 6.45) is 6.48. The van der Waals surface area contributed by atoms with Crippen LogP contribution in [0.1, 0.15) is 51.7 Å². The number of rotatable bonds is 1. The first kappa shape index (κ1) is 12.2. The summed E-state index contributed by atoms with van der Waals surface area (Å²) in [5, 5.41) is 10.7.